The fourth-order valence-electron chi connectivity index (χ4n) is 1.08. The second-order valence-electron chi connectivity index (χ2n) is 5.69. The molecule has 0 unspecified atom stereocenters. The van der Waals surface area contributed by atoms with Crippen molar-refractivity contribution in [3.63, 3.8) is 0 Å². The van der Waals surface area contributed by atoms with Gasteiger partial charge >= 0.3 is 6.01 Å². The number of hydrogen-bond donors (Lipinski definition) is 2. The first-order valence-electron chi connectivity index (χ1n) is 6.10. The maximum atomic E-state index is 10.1. The molecule has 6 nitrogen and oxygen atoms in total. The minimum atomic E-state index is -0.967. The van der Waals surface area contributed by atoms with Crippen molar-refractivity contribution in [2.75, 3.05) is 5.32 Å². The van der Waals surface area contributed by atoms with Gasteiger partial charge in [-0.05, 0) is 53.1 Å². The topological polar surface area (TPSA) is 80.2 Å². The van der Waals surface area contributed by atoms with Gasteiger partial charge in [-0.2, -0.15) is 15.0 Å². The molecule has 2 N–H and O–H groups in total. The number of anilines is 1. The number of rotatable bonds is 5. The monoisotopic (exact) mass is 288 g/mol. The SMILES string of the molecule is CC(C)Oc1nc(Cl)nc(NC(C)(C)C(C)(C)O)n1. The molecule has 7 heteroatoms. The maximum absolute atomic E-state index is 10.1. The third-order valence-corrected chi connectivity index (χ3v) is 3.05. The Morgan fingerprint density at radius 1 is 1.16 bits per heavy atom. The molecule has 1 aromatic rings. The van der Waals surface area contributed by atoms with Crippen molar-refractivity contribution in [3.05, 3.63) is 5.28 Å². The number of aromatic nitrogens is 3. The van der Waals surface area contributed by atoms with E-state index in [-0.39, 0.29) is 23.3 Å². The Morgan fingerprint density at radius 3 is 2.21 bits per heavy atom. The molecule has 0 aromatic carbocycles. The van der Waals surface area contributed by atoms with Crippen LogP contribution in [0, 0.1) is 0 Å². The summed E-state index contributed by atoms with van der Waals surface area (Å²) in [6.45, 7) is 10.8. The van der Waals surface area contributed by atoms with Crippen LogP contribution in [0.4, 0.5) is 5.95 Å². The molecule has 0 bridgehead atoms. The Balaban J connectivity index is 2.99. The number of nitrogens with one attached hydrogen (secondary N) is 1. The normalized spacial score (nSPS) is 12.7. The third-order valence-electron chi connectivity index (χ3n) is 2.88. The van der Waals surface area contributed by atoms with Crippen molar-refractivity contribution in [2.45, 2.75) is 58.8 Å². The molecule has 19 heavy (non-hydrogen) atoms. The molecule has 108 valence electrons. The zero-order valence-electron chi connectivity index (χ0n) is 12.2. The highest BCUT2D eigenvalue weighted by atomic mass is 35.5. The van der Waals surface area contributed by atoms with E-state index >= 15 is 0 Å². The molecule has 0 fully saturated rings. The van der Waals surface area contributed by atoms with E-state index < -0.39 is 11.1 Å². The highest BCUT2D eigenvalue weighted by Gasteiger charge is 2.35. The molecule has 0 spiro atoms. The molecular formula is C12H21ClN4O2. The molecule has 1 rings (SSSR count). The molecule has 0 aliphatic rings. The van der Waals surface area contributed by atoms with Crippen molar-refractivity contribution in [1.82, 2.24) is 15.0 Å². The van der Waals surface area contributed by atoms with Crippen LogP contribution in [0.15, 0.2) is 0 Å². The predicted octanol–water partition coefficient (Wildman–Crippen LogP) is 2.27. The molecule has 0 aliphatic carbocycles. The lowest BCUT2D eigenvalue weighted by Crippen LogP contribution is -2.51. The number of ether oxygens (including phenoxy) is 1. The van der Waals surface area contributed by atoms with Gasteiger partial charge in [-0.25, -0.2) is 0 Å². The van der Waals surface area contributed by atoms with Crippen molar-refractivity contribution in [3.8, 4) is 6.01 Å². The standard InChI is InChI=1S/C12H21ClN4O2/c1-7(2)19-10-15-8(13)14-9(16-10)17-11(3,4)12(5,6)18/h7,18H,1-6H3,(H,14,15,16,17). The Labute approximate surface area is 118 Å². The van der Waals surface area contributed by atoms with Crippen LogP contribution in [0.3, 0.4) is 0 Å². The summed E-state index contributed by atoms with van der Waals surface area (Å²) in [6, 6.07) is 0.157. The van der Waals surface area contributed by atoms with E-state index in [2.05, 4.69) is 20.3 Å². The van der Waals surface area contributed by atoms with Crippen LogP contribution in [0.25, 0.3) is 0 Å². The fraction of sp³-hybridized carbons (Fsp3) is 0.750. The van der Waals surface area contributed by atoms with Crippen molar-refractivity contribution >= 4 is 17.5 Å². The first-order chi connectivity index (χ1) is 8.51. The zero-order chi connectivity index (χ0) is 14.8. The van der Waals surface area contributed by atoms with E-state index in [0.717, 1.165) is 0 Å². The van der Waals surface area contributed by atoms with Crippen LogP contribution >= 0.6 is 11.6 Å². The second-order valence-corrected chi connectivity index (χ2v) is 6.02. The molecule has 0 radical (unpaired) electrons. The van der Waals surface area contributed by atoms with E-state index in [1.807, 2.05) is 27.7 Å². The van der Waals surface area contributed by atoms with Gasteiger partial charge in [-0.15, -0.1) is 0 Å². The lowest BCUT2D eigenvalue weighted by molar-refractivity contribution is 0.0236. The van der Waals surface area contributed by atoms with E-state index in [4.69, 9.17) is 16.3 Å². The Hall–Kier alpha value is -1.14. The number of hydrogen-bond acceptors (Lipinski definition) is 6. The van der Waals surface area contributed by atoms with E-state index in [0.29, 0.717) is 0 Å². The van der Waals surface area contributed by atoms with Gasteiger partial charge in [0.1, 0.15) is 0 Å². The van der Waals surface area contributed by atoms with Crippen LogP contribution in [-0.4, -0.2) is 37.3 Å². The molecule has 0 saturated heterocycles. The number of aliphatic hydroxyl groups is 1. The summed E-state index contributed by atoms with van der Waals surface area (Å²) < 4.78 is 5.39. The molecule has 1 heterocycles. The summed E-state index contributed by atoms with van der Waals surface area (Å²) in [5.41, 5.74) is -1.61. The smallest absolute Gasteiger partial charge is 0.322 e. The van der Waals surface area contributed by atoms with E-state index in [1.54, 1.807) is 13.8 Å². The molecule has 0 saturated carbocycles. The average Bonchev–Trinajstić information content (AvgIpc) is 2.11. The summed E-state index contributed by atoms with van der Waals surface area (Å²) in [4.78, 5) is 12.0. The summed E-state index contributed by atoms with van der Waals surface area (Å²) in [6.07, 6.45) is -0.0615. The fourth-order valence-corrected chi connectivity index (χ4v) is 1.24. The summed E-state index contributed by atoms with van der Waals surface area (Å²) in [5.74, 6) is 0.266. The second kappa shape index (κ2) is 5.46. The highest BCUT2D eigenvalue weighted by molar-refractivity contribution is 6.28. The van der Waals surface area contributed by atoms with Gasteiger partial charge in [0.15, 0.2) is 0 Å². The first-order valence-corrected chi connectivity index (χ1v) is 6.48. The van der Waals surface area contributed by atoms with Gasteiger partial charge in [0, 0.05) is 0 Å². The van der Waals surface area contributed by atoms with Gasteiger partial charge in [-0.1, -0.05) is 0 Å². The Bertz CT molecular complexity index is 444. The van der Waals surface area contributed by atoms with Crippen LogP contribution in [0.1, 0.15) is 41.5 Å². The van der Waals surface area contributed by atoms with Crippen LogP contribution < -0.4 is 10.1 Å². The molecular weight excluding hydrogens is 268 g/mol. The Morgan fingerprint density at radius 2 is 1.74 bits per heavy atom. The molecule has 0 aliphatic heterocycles. The van der Waals surface area contributed by atoms with Crippen LogP contribution in [0.2, 0.25) is 5.28 Å². The minimum absolute atomic E-state index is 0.0414. The Kier molecular flexibility index (Phi) is 4.58. The highest BCUT2D eigenvalue weighted by Crippen LogP contribution is 2.25. The van der Waals surface area contributed by atoms with Gasteiger partial charge in [0.05, 0.1) is 17.2 Å². The van der Waals surface area contributed by atoms with Crippen LogP contribution in [0.5, 0.6) is 6.01 Å². The first kappa shape index (κ1) is 15.9. The van der Waals surface area contributed by atoms with Gasteiger partial charge in [-0.3, -0.25) is 0 Å². The predicted molar refractivity (Wildman–Crippen MR) is 74.6 cm³/mol. The van der Waals surface area contributed by atoms with E-state index in [1.165, 1.54) is 0 Å². The molecule has 0 atom stereocenters. The lowest BCUT2D eigenvalue weighted by atomic mass is 9.86. The zero-order valence-corrected chi connectivity index (χ0v) is 12.9. The third kappa shape index (κ3) is 4.47. The minimum Gasteiger partial charge on any atom is -0.461 e. The average molecular weight is 289 g/mol. The number of halogens is 1. The van der Waals surface area contributed by atoms with Crippen molar-refractivity contribution < 1.29 is 9.84 Å². The van der Waals surface area contributed by atoms with Gasteiger partial charge < -0.3 is 15.2 Å². The largest absolute Gasteiger partial charge is 0.461 e. The molecule has 0 amide bonds. The number of nitrogens with zero attached hydrogens (tertiary/aromatic N) is 3. The van der Waals surface area contributed by atoms with Crippen molar-refractivity contribution in [2.24, 2.45) is 0 Å². The summed E-state index contributed by atoms with van der Waals surface area (Å²) in [7, 11) is 0. The van der Waals surface area contributed by atoms with Crippen LogP contribution in [-0.2, 0) is 0 Å². The summed E-state index contributed by atoms with van der Waals surface area (Å²) >= 11 is 5.83. The van der Waals surface area contributed by atoms with Gasteiger partial charge in [0.2, 0.25) is 11.2 Å². The quantitative estimate of drug-likeness (QED) is 0.865. The van der Waals surface area contributed by atoms with E-state index in [9.17, 15) is 5.11 Å². The van der Waals surface area contributed by atoms with Crippen molar-refractivity contribution in [1.29, 1.82) is 0 Å². The van der Waals surface area contributed by atoms with Gasteiger partial charge in [0.25, 0.3) is 0 Å². The lowest BCUT2D eigenvalue weighted by Gasteiger charge is -2.37. The maximum Gasteiger partial charge on any atom is 0.322 e. The summed E-state index contributed by atoms with van der Waals surface area (Å²) in [5, 5.41) is 13.2. The molecule has 1 aromatic heterocycles.